The summed E-state index contributed by atoms with van der Waals surface area (Å²) >= 11 is 3.57. The van der Waals surface area contributed by atoms with E-state index in [1.165, 1.54) is 13.0 Å². The predicted octanol–water partition coefficient (Wildman–Crippen LogP) is 6.55. The van der Waals surface area contributed by atoms with Gasteiger partial charge in [0.05, 0.1) is 15.8 Å². The van der Waals surface area contributed by atoms with E-state index < -0.39 is 35.4 Å². The zero-order valence-corrected chi connectivity index (χ0v) is 18.5. The van der Waals surface area contributed by atoms with Gasteiger partial charge in [-0.15, -0.1) is 11.8 Å². The highest BCUT2D eigenvalue weighted by molar-refractivity contribution is 9.10. The van der Waals surface area contributed by atoms with Crippen molar-refractivity contribution in [1.29, 1.82) is 0 Å². The second kappa shape index (κ2) is 9.63. The van der Waals surface area contributed by atoms with E-state index in [4.69, 9.17) is 4.74 Å². The lowest BCUT2D eigenvalue weighted by molar-refractivity contribution is -0.105. The SMILES string of the molecule is Cc1cc(F)c(OCC(C)(C)Nc2ncnc(C(F)F)c2Br)cc1SCC(F)(F)F. The summed E-state index contributed by atoms with van der Waals surface area (Å²) in [5.74, 6) is -1.95. The van der Waals surface area contributed by atoms with Crippen molar-refractivity contribution in [3.63, 3.8) is 0 Å². The van der Waals surface area contributed by atoms with Crippen molar-refractivity contribution in [2.24, 2.45) is 0 Å². The third kappa shape index (κ3) is 6.93. The van der Waals surface area contributed by atoms with E-state index in [0.29, 0.717) is 17.3 Å². The molecular weight excluding hydrogens is 500 g/mol. The van der Waals surface area contributed by atoms with E-state index in [1.807, 2.05) is 0 Å². The first kappa shape index (κ1) is 24.6. The molecule has 0 saturated carbocycles. The van der Waals surface area contributed by atoms with Crippen LogP contribution in [0.4, 0.5) is 32.2 Å². The number of nitrogens with zero attached hydrogens (tertiary/aromatic N) is 2. The molecule has 30 heavy (non-hydrogen) atoms. The van der Waals surface area contributed by atoms with Crippen LogP contribution < -0.4 is 10.1 Å². The van der Waals surface area contributed by atoms with Gasteiger partial charge in [0.15, 0.2) is 11.6 Å². The molecule has 12 heteroatoms. The molecular formula is C18H18BrF6N3OS. The van der Waals surface area contributed by atoms with Crippen LogP contribution in [-0.2, 0) is 0 Å². The fraction of sp³-hybridized carbons (Fsp3) is 0.444. The maximum Gasteiger partial charge on any atom is 0.398 e. The third-order valence-electron chi connectivity index (χ3n) is 3.69. The summed E-state index contributed by atoms with van der Waals surface area (Å²) in [7, 11) is 0. The molecule has 0 bridgehead atoms. The van der Waals surface area contributed by atoms with Crippen LogP contribution in [0.25, 0.3) is 0 Å². The van der Waals surface area contributed by atoms with Gasteiger partial charge in [0, 0.05) is 4.90 Å². The van der Waals surface area contributed by atoms with Crippen molar-refractivity contribution in [3.8, 4) is 5.75 Å². The first-order valence-corrected chi connectivity index (χ1v) is 10.3. The Morgan fingerprint density at radius 2 is 1.87 bits per heavy atom. The number of thioether (sulfide) groups is 1. The summed E-state index contributed by atoms with van der Waals surface area (Å²) < 4.78 is 83.1. The first-order valence-electron chi connectivity index (χ1n) is 8.48. The van der Waals surface area contributed by atoms with E-state index in [-0.39, 0.29) is 27.5 Å². The van der Waals surface area contributed by atoms with Crippen LogP contribution in [0.5, 0.6) is 5.75 Å². The number of hydrogen-bond acceptors (Lipinski definition) is 5. The van der Waals surface area contributed by atoms with E-state index in [0.717, 1.165) is 12.4 Å². The van der Waals surface area contributed by atoms with E-state index in [2.05, 4.69) is 31.2 Å². The minimum absolute atomic E-state index is 0.0135. The molecule has 0 fully saturated rings. The monoisotopic (exact) mass is 517 g/mol. The van der Waals surface area contributed by atoms with E-state index in [1.54, 1.807) is 13.8 Å². The zero-order valence-electron chi connectivity index (χ0n) is 16.1. The van der Waals surface area contributed by atoms with Crippen LogP contribution in [0, 0.1) is 12.7 Å². The highest BCUT2D eigenvalue weighted by Gasteiger charge is 2.28. The number of anilines is 1. The number of aryl methyl sites for hydroxylation is 1. The number of ether oxygens (including phenoxy) is 1. The number of halogens is 7. The zero-order chi connectivity index (χ0) is 22.7. The molecule has 1 heterocycles. The largest absolute Gasteiger partial charge is 0.488 e. The summed E-state index contributed by atoms with van der Waals surface area (Å²) in [6.45, 7) is 4.70. The first-order chi connectivity index (χ1) is 13.8. The number of benzene rings is 1. The molecule has 0 unspecified atom stereocenters. The number of nitrogens with one attached hydrogen (secondary N) is 1. The second-order valence-corrected chi connectivity index (χ2v) is 8.78. The molecule has 4 nitrogen and oxygen atoms in total. The van der Waals surface area contributed by atoms with Crippen LogP contribution in [-0.4, -0.2) is 34.0 Å². The van der Waals surface area contributed by atoms with Crippen LogP contribution >= 0.6 is 27.7 Å². The lowest BCUT2D eigenvalue weighted by Crippen LogP contribution is -2.38. The molecule has 0 aliphatic heterocycles. The van der Waals surface area contributed by atoms with Crippen molar-refractivity contribution in [2.45, 2.75) is 43.8 Å². The smallest absolute Gasteiger partial charge is 0.398 e. The molecule has 2 aromatic rings. The summed E-state index contributed by atoms with van der Waals surface area (Å²) in [6.07, 6.45) is -6.19. The fourth-order valence-corrected chi connectivity index (χ4v) is 3.57. The van der Waals surface area contributed by atoms with Crippen molar-refractivity contribution < 1.29 is 31.1 Å². The minimum atomic E-state index is -4.36. The van der Waals surface area contributed by atoms with E-state index in [9.17, 15) is 26.3 Å². The highest BCUT2D eigenvalue weighted by Crippen LogP contribution is 2.34. The van der Waals surface area contributed by atoms with Gasteiger partial charge in [-0.2, -0.15) is 13.2 Å². The summed E-state index contributed by atoms with van der Waals surface area (Å²) in [5, 5.41) is 2.91. The fourth-order valence-electron chi connectivity index (χ4n) is 2.30. The molecule has 2 rings (SSSR count). The van der Waals surface area contributed by atoms with Gasteiger partial charge in [0.25, 0.3) is 6.43 Å². The molecule has 166 valence electrons. The molecule has 0 amide bonds. The van der Waals surface area contributed by atoms with Gasteiger partial charge in [-0.1, -0.05) is 0 Å². The number of alkyl halides is 5. The van der Waals surface area contributed by atoms with Crippen LogP contribution in [0.15, 0.2) is 27.8 Å². The average molecular weight is 518 g/mol. The topological polar surface area (TPSA) is 47.0 Å². The summed E-state index contributed by atoms with van der Waals surface area (Å²) in [6, 6.07) is 2.32. The maximum absolute atomic E-state index is 14.2. The van der Waals surface area contributed by atoms with E-state index >= 15 is 0 Å². The molecule has 1 aromatic carbocycles. The van der Waals surface area contributed by atoms with Crippen molar-refractivity contribution in [3.05, 3.63) is 40.0 Å². The Balaban J connectivity index is 2.13. The van der Waals surface area contributed by atoms with Gasteiger partial charge < -0.3 is 10.1 Å². The third-order valence-corrected chi connectivity index (χ3v) is 5.69. The van der Waals surface area contributed by atoms with Crippen molar-refractivity contribution in [1.82, 2.24) is 9.97 Å². The average Bonchev–Trinajstić information content (AvgIpc) is 2.60. The number of hydrogen-bond donors (Lipinski definition) is 1. The molecule has 0 aliphatic rings. The van der Waals surface area contributed by atoms with Gasteiger partial charge in [-0.25, -0.2) is 23.1 Å². The summed E-state index contributed by atoms with van der Waals surface area (Å²) in [5.41, 5.74) is -1.02. The van der Waals surface area contributed by atoms with Crippen molar-refractivity contribution >= 4 is 33.5 Å². The molecule has 0 aliphatic carbocycles. The standard InChI is InChI=1S/C18H18BrF6N3OS/c1-9-4-10(20)11(5-12(9)30-7-18(23,24)25)29-6-17(2,3)28-16-13(19)14(15(21)22)26-8-27-16/h4-5,8,15H,6-7H2,1-3H3,(H,26,27,28). The normalized spacial score (nSPS) is 12.4. The lowest BCUT2D eigenvalue weighted by Gasteiger charge is -2.28. The Hall–Kier alpha value is -1.69. The Labute approximate surface area is 181 Å². The van der Waals surface area contributed by atoms with Crippen LogP contribution in [0.3, 0.4) is 0 Å². The number of rotatable bonds is 8. The van der Waals surface area contributed by atoms with Crippen LogP contribution in [0.2, 0.25) is 0 Å². The van der Waals surface area contributed by atoms with Gasteiger partial charge >= 0.3 is 6.18 Å². The predicted molar refractivity (Wildman–Crippen MR) is 106 cm³/mol. The Morgan fingerprint density at radius 3 is 2.47 bits per heavy atom. The molecule has 0 saturated heterocycles. The van der Waals surface area contributed by atoms with Gasteiger partial charge in [-0.05, 0) is 54.4 Å². The Morgan fingerprint density at radius 1 is 1.20 bits per heavy atom. The summed E-state index contributed by atoms with van der Waals surface area (Å²) in [4.78, 5) is 7.67. The lowest BCUT2D eigenvalue weighted by atomic mass is 10.1. The van der Waals surface area contributed by atoms with Crippen LogP contribution in [0.1, 0.15) is 31.5 Å². The minimum Gasteiger partial charge on any atom is -0.488 e. The van der Waals surface area contributed by atoms with Gasteiger partial charge in [-0.3, -0.25) is 0 Å². The van der Waals surface area contributed by atoms with Gasteiger partial charge in [0.2, 0.25) is 0 Å². The molecule has 0 atom stereocenters. The molecule has 1 N–H and O–H groups in total. The van der Waals surface area contributed by atoms with Gasteiger partial charge in [0.1, 0.15) is 24.4 Å². The molecule has 0 spiro atoms. The van der Waals surface area contributed by atoms with Crippen molar-refractivity contribution in [2.75, 3.05) is 17.7 Å². The quantitative estimate of drug-likeness (QED) is 0.318. The maximum atomic E-state index is 14.2. The molecule has 1 aromatic heterocycles. The second-order valence-electron chi connectivity index (χ2n) is 6.97. The number of aromatic nitrogens is 2. The Kier molecular flexibility index (Phi) is 7.89. The highest BCUT2D eigenvalue weighted by atomic mass is 79.9. The molecule has 0 radical (unpaired) electrons. The Bertz CT molecular complexity index is 895.